The molecule has 5 heteroatoms. The summed E-state index contributed by atoms with van der Waals surface area (Å²) in [7, 11) is 0. The minimum Gasteiger partial charge on any atom is -0.409 e. The average Bonchev–Trinajstić information content (AvgIpc) is 2.25. The van der Waals surface area contributed by atoms with Crippen LogP contribution in [-0.2, 0) is 0 Å². The normalized spacial score (nSPS) is 13.9. The van der Waals surface area contributed by atoms with E-state index in [1.54, 1.807) is 12.1 Å². The molecule has 0 aliphatic rings. The number of halogens is 1. The summed E-state index contributed by atoms with van der Waals surface area (Å²) >= 11 is 1.38. The Labute approximate surface area is 92.2 Å². The molecule has 3 N–H and O–H groups in total. The number of benzene rings is 1. The van der Waals surface area contributed by atoms with Crippen LogP contribution >= 0.6 is 11.8 Å². The van der Waals surface area contributed by atoms with E-state index in [-0.39, 0.29) is 16.9 Å². The molecule has 1 atom stereocenters. The quantitative estimate of drug-likeness (QED) is 0.273. The predicted molar refractivity (Wildman–Crippen MR) is 59.7 cm³/mol. The van der Waals surface area contributed by atoms with Crippen LogP contribution in [0.1, 0.15) is 13.3 Å². The molecule has 0 aliphatic heterocycles. The van der Waals surface area contributed by atoms with E-state index in [1.165, 1.54) is 23.9 Å². The number of oxime groups is 1. The number of hydrogen-bond acceptors (Lipinski definition) is 3. The van der Waals surface area contributed by atoms with Crippen LogP contribution in [0.4, 0.5) is 4.39 Å². The lowest BCUT2D eigenvalue weighted by Crippen LogP contribution is -2.25. The summed E-state index contributed by atoms with van der Waals surface area (Å²) in [5.74, 6) is -0.124. The fourth-order valence-corrected chi connectivity index (χ4v) is 2.12. The van der Waals surface area contributed by atoms with E-state index in [0.717, 1.165) is 11.3 Å². The van der Waals surface area contributed by atoms with Gasteiger partial charge < -0.3 is 10.9 Å². The first-order chi connectivity index (χ1) is 7.17. The molecular weight excluding hydrogens is 215 g/mol. The summed E-state index contributed by atoms with van der Waals surface area (Å²) in [4.78, 5) is 0.772. The molecule has 1 aromatic rings. The molecule has 0 bridgehead atoms. The van der Waals surface area contributed by atoms with Gasteiger partial charge in [-0.3, -0.25) is 0 Å². The third-order valence-electron chi connectivity index (χ3n) is 1.89. The summed E-state index contributed by atoms with van der Waals surface area (Å²) < 4.78 is 12.9. The molecule has 0 heterocycles. The van der Waals surface area contributed by atoms with Crippen molar-refractivity contribution < 1.29 is 9.60 Å². The second kappa shape index (κ2) is 5.60. The second-order valence-corrected chi connectivity index (χ2v) is 4.27. The highest BCUT2D eigenvalue weighted by Crippen LogP contribution is 2.25. The summed E-state index contributed by atoms with van der Waals surface area (Å²) in [5, 5.41) is 11.4. The van der Waals surface area contributed by atoms with Gasteiger partial charge in [0.15, 0.2) is 5.84 Å². The first kappa shape index (κ1) is 11.8. The van der Waals surface area contributed by atoms with E-state index in [4.69, 9.17) is 10.9 Å². The molecule has 82 valence electrons. The lowest BCUT2D eigenvalue weighted by atomic mass is 10.3. The van der Waals surface area contributed by atoms with Gasteiger partial charge >= 0.3 is 0 Å². The summed E-state index contributed by atoms with van der Waals surface area (Å²) in [6.45, 7) is 1.93. The van der Waals surface area contributed by atoms with E-state index in [2.05, 4.69) is 5.16 Å². The standard InChI is InChI=1S/C10H13FN2OS/c1-2-9(10(12)13-14)15-8-5-3-4-7(11)6-8/h3-6,9,14H,2H2,1H3,(H2,12,13). The number of rotatable bonds is 4. The SMILES string of the molecule is CCC(Sc1cccc(F)c1)C(N)=NO. The van der Waals surface area contributed by atoms with Crippen LogP contribution in [0.3, 0.4) is 0 Å². The molecule has 1 rings (SSSR count). The highest BCUT2D eigenvalue weighted by atomic mass is 32.2. The summed E-state index contributed by atoms with van der Waals surface area (Å²) in [6.07, 6.45) is 0.719. The van der Waals surface area contributed by atoms with Crippen molar-refractivity contribution in [2.45, 2.75) is 23.5 Å². The van der Waals surface area contributed by atoms with Gasteiger partial charge in [0.05, 0.1) is 5.25 Å². The van der Waals surface area contributed by atoms with Crippen LogP contribution in [0.2, 0.25) is 0 Å². The van der Waals surface area contributed by atoms with Gasteiger partial charge in [0.1, 0.15) is 5.82 Å². The van der Waals surface area contributed by atoms with E-state index in [0.29, 0.717) is 0 Å². The molecule has 1 unspecified atom stereocenters. The molecule has 3 nitrogen and oxygen atoms in total. The Bertz CT molecular complexity index is 357. The van der Waals surface area contributed by atoms with Crippen molar-refractivity contribution in [2.24, 2.45) is 10.9 Å². The second-order valence-electron chi connectivity index (χ2n) is 3.00. The molecule has 0 amide bonds. The zero-order chi connectivity index (χ0) is 11.3. The maximum absolute atomic E-state index is 12.9. The smallest absolute Gasteiger partial charge is 0.152 e. The molecule has 0 fully saturated rings. The van der Waals surface area contributed by atoms with Crippen LogP contribution in [0.15, 0.2) is 34.3 Å². The largest absolute Gasteiger partial charge is 0.409 e. The summed E-state index contributed by atoms with van der Waals surface area (Å²) in [5.41, 5.74) is 5.50. The van der Waals surface area contributed by atoms with E-state index in [1.807, 2.05) is 6.92 Å². The first-order valence-electron chi connectivity index (χ1n) is 4.57. The van der Waals surface area contributed by atoms with Crippen LogP contribution in [0.25, 0.3) is 0 Å². The molecule has 0 aromatic heterocycles. The van der Waals surface area contributed by atoms with Gasteiger partial charge in [0.25, 0.3) is 0 Å². The number of amidine groups is 1. The van der Waals surface area contributed by atoms with Crippen molar-refractivity contribution >= 4 is 17.6 Å². The van der Waals surface area contributed by atoms with Crippen molar-refractivity contribution in [1.29, 1.82) is 0 Å². The Kier molecular flexibility index (Phi) is 4.42. The highest BCUT2D eigenvalue weighted by Gasteiger charge is 2.13. The Balaban J connectivity index is 2.75. The maximum atomic E-state index is 12.9. The molecular formula is C10H13FN2OS. The Hall–Kier alpha value is -1.23. The third-order valence-corrected chi connectivity index (χ3v) is 3.28. The monoisotopic (exact) mass is 228 g/mol. The average molecular weight is 228 g/mol. The maximum Gasteiger partial charge on any atom is 0.152 e. The number of thioether (sulfide) groups is 1. The van der Waals surface area contributed by atoms with Crippen molar-refractivity contribution in [1.82, 2.24) is 0 Å². The summed E-state index contributed by atoms with van der Waals surface area (Å²) in [6, 6.07) is 6.24. The molecule has 0 radical (unpaired) electrons. The molecule has 15 heavy (non-hydrogen) atoms. The Morgan fingerprint density at radius 1 is 1.67 bits per heavy atom. The van der Waals surface area contributed by atoms with Crippen molar-refractivity contribution in [3.63, 3.8) is 0 Å². The van der Waals surface area contributed by atoms with Gasteiger partial charge in [-0.1, -0.05) is 18.1 Å². The molecule has 0 spiro atoms. The molecule has 0 aliphatic carbocycles. The zero-order valence-corrected chi connectivity index (χ0v) is 9.17. The third kappa shape index (κ3) is 3.43. The van der Waals surface area contributed by atoms with Gasteiger partial charge in [-0.15, -0.1) is 11.8 Å². The predicted octanol–water partition coefficient (Wildman–Crippen LogP) is 2.44. The van der Waals surface area contributed by atoms with Gasteiger partial charge in [-0.05, 0) is 24.6 Å². The highest BCUT2D eigenvalue weighted by molar-refractivity contribution is 8.00. The number of hydrogen-bond donors (Lipinski definition) is 2. The van der Waals surface area contributed by atoms with Gasteiger partial charge in [-0.2, -0.15) is 0 Å². The van der Waals surface area contributed by atoms with E-state index < -0.39 is 0 Å². The molecule has 0 saturated heterocycles. The fraction of sp³-hybridized carbons (Fsp3) is 0.300. The first-order valence-corrected chi connectivity index (χ1v) is 5.45. The molecule has 0 saturated carbocycles. The number of nitrogens with zero attached hydrogens (tertiary/aromatic N) is 1. The topological polar surface area (TPSA) is 58.6 Å². The van der Waals surface area contributed by atoms with Crippen molar-refractivity contribution in [2.75, 3.05) is 0 Å². The van der Waals surface area contributed by atoms with Gasteiger partial charge in [-0.25, -0.2) is 4.39 Å². The van der Waals surface area contributed by atoms with Crippen LogP contribution in [-0.4, -0.2) is 16.3 Å². The van der Waals surface area contributed by atoms with Gasteiger partial charge in [0.2, 0.25) is 0 Å². The minimum atomic E-state index is -0.283. The van der Waals surface area contributed by atoms with E-state index >= 15 is 0 Å². The Morgan fingerprint density at radius 2 is 2.40 bits per heavy atom. The van der Waals surface area contributed by atoms with Crippen LogP contribution < -0.4 is 5.73 Å². The Morgan fingerprint density at radius 3 is 2.93 bits per heavy atom. The van der Waals surface area contributed by atoms with Gasteiger partial charge in [0, 0.05) is 4.90 Å². The number of nitrogens with two attached hydrogens (primary N) is 1. The molecule has 1 aromatic carbocycles. The lowest BCUT2D eigenvalue weighted by Gasteiger charge is -2.12. The zero-order valence-electron chi connectivity index (χ0n) is 8.35. The van der Waals surface area contributed by atoms with E-state index in [9.17, 15) is 4.39 Å². The van der Waals surface area contributed by atoms with Crippen molar-refractivity contribution in [3.8, 4) is 0 Å². The van der Waals surface area contributed by atoms with Crippen LogP contribution in [0, 0.1) is 5.82 Å². The van der Waals surface area contributed by atoms with Crippen LogP contribution in [0.5, 0.6) is 0 Å². The minimum absolute atomic E-state index is 0.128. The lowest BCUT2D eigenvalue weighted by molar-refractivity contribution is 0.317. The fourth-order valence-electron chi connectivity index (χ4n) is 1.12. The van der Waals surface area contributed by atoms with Crippen molar-refractivity contribution in [3.05, 3.63) is 30.1 Å².